The third kappa shape index (κ3) is 8.83. The first kappa shape index (κ1) is 33.5. The highest BCUT2D eigenvalue weighted by Gasteiger charge is 2.35. The molecular formula is C34H35ClFN3O5S. The standard InChI is InChI=1S/C34H35ClFN3O5S/c1-24(2)37-34(41)32(21-25-7-5-4-6-8-25)38(22-26-9-13-28(36)14-10-26)33(40)23-39(29-15-11-27(35)12-16-29)45(42,43)31-19-17-30(44-3)18-20-31/h4-20,24,32H,21-23H2,1-3H3,(H,37,41)/t32-/m1/s1. The summed E-state index contributed by atoms with van der Waals surface area (Å²) >= 11 is 6.11. The van der Waals surface area contributed by atoms with E-state index < -0.39 is 40.2 Å². The number of carbonyl (C=O) groups is 2. The zero-order valence-corrected chi connectivity index (χ0v) is 26.8. The Hall–Kier alpha value is -4.41. The molecule has 4 aromatic rings. The van der Waals surface area contributed by atoms with Gasteiger partial charge in [0.1, 0.15) is 24.2 Å². The van der Waals surface area contributed by atoms with Gasteiger partial charge >= 0.3 is 0 Å². The molecule has 236 valence electrons. The van der Waals surface area contributed by atoms with Gasteiger partial charge in [-0.1, -0.05) is 54.1 Å². The lowest BCUT2D eigenvalue weighted by atomic mass is 10.0. The first-order chi connectivity index (χ1) is 21.5. The summed E-state index contributed by atoms with van der Waals surface area (Å²) in [6, 6.07) is 25.5. The molecule has 0 aromatic heterocycles. The van der Waals surface area contributed by atoms with Crippen molar-refractivity contribution >= 4 is 39.1 Å². The molecule has 0 aliphatic rings. The number of carbonyl (C=O) groups excluding carboxylic acids is 2. The van der Waals surface area contributed by atoms with Crippen LogP contribution in [0, 0.1) is 5.82 Å². The van der Waals surface area contributed by atoms with Crippen LogP contribution >= 0.6 is 11.6 Å². The number of nitrogens with one attached hydrogen (secondary N) is 1. The molecule has 0 saturated carbocycles. The highest BCUT2D eigenvalue weighted by atomic mass is 35.5. The summed E-state index contributed by atoms with van der Waals surface area (Å²) in [6.45, 7) is 2.93. The average Bonchev–Trinajstić information content (AvgIpc) is 3.03. The lowest BCUT2D eigenvalue weighted by Crippen LogP contribution is -2.54. The first-order valence-corrected chi connectivity index (χ1v) is 16.1. The summed E-state index contributed by atoms with van der Waals surface area (Å²) < 4.78 is 48.1. The zero-order valence-electron chi connectivity index (χ0n) is 25.2. The minimum atomic E-state index is -4.29. The van der Waals surface area contributed by atoms with Gasteiger partial charge in [0.2, 0.25) is 11.8 Å². The van der Waals surface area contributed by atoms with E-state index in [9.17, 15) is 22.4 Å². The number of anilines is 1. The molecule has 0 spiro atoms. The first-order valence-electron chi connectivity index (χ1n) is 14.3. The second-order valence-corrected chi connectivity index (χ2v) is 13.0. The summed E-state index contributed by atoms with van der Waals surface area (Å²) in [7, 11) is -2.81. The van der Waals surface area contributed by atoms with Crippen molar-refractivity contribution in [3.05, 3.63) is 125 Å². The number of sulfonamides is 1. The Kier molecular flexibility index (Phi) is 11.2. The molecule has 0 bridgehead atoms. The molecule has 0 fully saturated rings. The van der Waals surface area contributed by atoms with Gasteiger partial charge in [0, 0.05) is 24.0 Å². The van der Waals surface area contributed by atoms with Gasteiger partial charge in [-0.3, -0.25) is 13.9 Å². The third-order valence-corrected chi connectivity index (χ3v) is 9.05. The number of nitrogens with zero attached hydrogens (tertiary/aromatic N) is 2. The van der Waals surface area contributed by atoms with Crippen LogP contribution in [0.5, 0.6) is 5.75 Å². The van der Waals surface area contributed by atoms with Crippen molar-refractivity contribution < 1.29 is 27.1 Å². The SMILES string of the molecule is COc1ccc(S(=O)(=O)N(CC(=O)N(Cc2ccc(F)cc2)[C@H](Cc2ccccc2)C(=O)NC(C)C)c2ccc(Cl)cc2)cc1. The fourth-order valence-corrected chi connectivity index (χ4v) is 6.27. The maximum atomic E-state index is 14.4. The second-order valence-electron chi connectivity index (χ2n) is 10.7. The van der Waals surface area contributed by atoms with Crippen LogP contribution in [-0.4, -0.2) is 50.9 Å². The fraction of sp³-hybridized carbons (Fsp3) is 0.235. The van der Waals surface area contributed by atoms with Crippen molar-refractivity contribution in [3.63, 3.8) is 0 Å². The molecule has 0 aliphatic heterocycles. The summed E-state index contributed by atoms with van der Waals surface area (Å²) in [5.41, 5.74) is 1.58. The van der Waals surface area contributed by atoms with Crippen LogP contribution in [0.2, 0.25) is 5.02 Å². The van der Waals surface area contributed by atoms with Crippen LogP contribution < -0.4 is 14.4 Å². The van der Waals surface area contributed by atoms with Crippen molar-refractivity contribution in [2.24, 2.45) is 0 Å². The maximum absolute atomic E-state index is 14.4. The molecule has 0 aliphatic carbocycles. The quantitative estimate of drug-likeness (QED) is 0.196. The van der Waals surface area contributed by atoms with Crippen LogP contribution in [0.4, 0.5) is 10.1 Å². The van der Waals surface area contributed by atoms with Gasteiger partial charge in [0.25, 0.3) is 10.0 Å². The molecule has 0 saturated heterocycles. The molecule has 0 radical (unpaired) electrons. The molecule has 1 atom stereocenters. The summed E-state index contributed by atoms with van der Waals surface area (Å²) in [6.07, 6.45) is 0.165. The Labute approximate surface area is 268 Å². The van der Waals surface area contributed by atoms with Crippen LogP contribution in [0.25, 0.3) is 0 Å². The van der Waals surface area contributed by atoms with E-state index in [1.807, 2.05) is 44.2 Å². The molecule has 0 heterocycles. The minimum Gasteiger partial charge on any atom is -0.497 e. The van der Waals surface area contributed by atoms with Crippen molar-refractivity contribution in [2.45, 2.75) is 43.8 Å². The molecule has 4 aromatic carbocycles. The number of ether oxygens (including phenoxy) is 1. The number of hydrogen-bond donors (Lipinski definition) is 1. The molecule has 11 heteroatoms. The van der Waals surface area contributed by atoms with Crippen LogP contribution in [0.15, 0.2) is 108 Å². The predicted molar refractivity (Wildman–Crippen MR) is 173 cm³/mol. The van der Waals surface area contributed by atoms with Crippen molar-refractivity contribution in [3.8, 4) is 5.75 Å². The number of halogens is 2. The van der Waals surface area contributed by atoms with Crippen molar-refractivity contribution in [1.29, 1.82) is 0 Å². The van der Waals surface area contributed by atoms with E-state index in [2.05, 4.69) is 5.32 Å². The highest BCUT2D eigenvalue weighted by Crippen LogP contribution is 2.27. The Morgan fingerprint density at radius 2 is 1.49 bits per heavy atom. The maximum Gasteiger partial charge on any atom is 0.264 e. The summed E-state index contributed by atoms with van der Waals surface area (Å²) in [4.78, 5) is 29.4. The fourth-order valence-electron chi connectivity index (χ4n) is 4.73. The van der Waals surface area contributed by atoms with E-state index in [1.165, 1.54) is 84.8 Å². The number of methoxy groups -OCH3 is 1. The Morgan fingerprint density at radius 1 is 0.867 bits per heavy atom. The van der Waals surface area contributed by atoms with E-state index in [-0.39, 0.29) is 29.6 Å². The summed E-state index contributed by atoms with van der Waals surface area (Å²) in [5, 5.41) is 3.29. The highest BCUT2D eigenvalue weighted by molar-refractivity contribution is 7.92. The molecule has 45 heavy (non-hydrogen) atoms. The molecule has 2 amide bonds. The van der Waals surface area contributed by atoms with E-state index in [4.69, 9.17) is 16.3 Å². The topological polar surface area (TPSA) is 96.0 Å². The number of rotatable bonds is 13. The zero-order chi connectivity index (χ0) is 32.6. The van der Waals surface area contributed by atoms with Gasteiger partial charge in [0.05, 0.1) is 17.7 Å². The molecule has 0 unspecified atom stereocenters. The van der Waals surface area contributed by atoms with E-state index in [1.54, 1.807) is 0 Å². The van der Waals surface area contributed by atoms with Crippen LogP contribution in [0.3, 0.4) is 0 Å². The summed E-state index contributed by atoms with van der Waals surface area (Å²) in [5.74, 6) is -1.02. The number of hydrogen-bond acceptors (Lipinski definition) is 5. The Balaban J connectivity index is 1.79. The van der Waals surface area contributed by atoms with Crippen molar-refractivity contribution in [1.82, 2.24) is 10.2 Å². The van der Waals surface area contributed by atoms with E-state index in [0.717, 1.165) is 9.87 Å². The molecule has 4 rings (SSSR count). The van der Waals surface area contributed by atoms with Crippen molar-refractivity contribution in [2.75, 3.05) is 18.0 Å². The lowest BCUT2D eigenvalue weighted by molar-refractivity contribution is -0.140. The Bertz CT molecular complexity index is 1690. The number of amides is 2. The van der Waals surface area contributed by atoms with Gasteiger partial charge in [-0.25, -0.2) is 12.8 Å². The van der Waals surface area contributed by atoms with E-state index in [0.29, 0.717) is 16.3 Å². The van der Waals surface area contributed by atoms with E-state index >= 15 is 0 Å². The number of benzene rings is 4. The van der Waals surface area contributed by atoms with Gasteiger partial charge < -0.3 is 15.0 Å². The van der Waals surface area contributed by atoms with Gasteiger partial charge in [-0.15, -0.1) is 0 Å². The van der Waals surface area contributed by atoms with Gasteiger partial charge in [0.15, 0.2) is 0 Å². The molecule has 8 nitrogen and oxygen atoms in total. The third-order valence-electron chi connectivity index (χ3n) is 7.01. The smallest absolute Gasteiger partial charge is 0.264 e. The predicted octanol–water partition coefficient (Wildman–Crippen LogP) is 5.85. The lowest BCUT2D eigenvalue weighted by Gasteiger charge is -2.34. The van der Waals surface area contributed by atoms with Gasteiger partial charge in [-0.05, 0) is 85.6 Å². The second kappa shape index (κ2) is 15.0. The largest absolute Gasteiger partial charge is 0.497 e. The van der Waals surface area contributed by atoms with Crippen LogP contribution in [0.1, 0.15) is 25.0 Å². The van der Waals surface area contributed by atoms with Crippen LogP contribution in [-0.2, 0) is 32.6 Å². The minimum absolute atomic E-state index is 0.0606. The molecular weight excluding hydrogens is 617 g/mol. The molecule has 1 N–H and O–H groups in total. The Morgan fingerprint density at radius 3 is 2.07 bits per heavy atom. The van der Waals surface area contributed by atoms with Gasteiger partial charge in [-0.2, -0.15) is 0 Å². The normalized spacial score (nSPS) is 12.0. The monoisotopic (exact) mass is 651 g/mol. The average molecular weight is 652 g/mol.